The summed E-state index contributed by atoms with van der Waals surface area (Å²) in [7, 11) is 0. The van der Waals surface area contributed by atoms with Crippen LogP contribution in [0.15, 0.2) is 46.8 Å². The van der Waals surface area contributed by atoms with Gasteiger partial charge in [0.25, 0.3) is 0 Å². The number of carbonyl (C=O) groups excluding carboxylic acids is 1. The van der Waals surface area contributed by atoms with Gasteiger partial charge in [0, 0.05) is 18.5 Å². The molecular weight excluding hydrogens is 378 g/mol. The van der Waals surface area contributed by atoms with Crippen molar-refractivity contribution in [3.05, 3.63) is 41.8 Å². The first-order chi connectivity index (χ1) is 13.1. The molecule has 0 bridgehead atoms. The van der Waals surface area contributed by atoms with Crippen LogP contribution in [0.4, 0.5) is 0 Å². The van der Waals surface area contributed by atoms with Crippen molar-refractivity contribution in [3.8, 4) is 10.7 Å². The Morgan fingerprint density at radius 3 is 2.85 bits per heavy atom. The highest BCUT2D eigenvalue weighted by molar-refractivity contribution is 8.00. The third-order valence-electron chi connectivity index (χ3n) is 3.74. The molecule has 0 aliphatic carbocycles. The minimum absolute atomic E-state index is 0.00455. The van der Waals surface area contributed by atoms with Gasteiger partial charge in [-0.1, -0.05) is 36.0 Å². The van der Waals surface area contributed by atoms with Gasteiger partial charge < -0.3 is 10.1 Å². The van der Waals surface area contributed by atoms with Crippen LogP contribution in [0.25, 0.3) is 21.6 Å². The molecule has 27 heavy (non-hydrogen) atoms. The average Bonchev–Trinajstić information content (AvgIpc) is 3.20. The molecule has 3 aromatic rings. The predicted molar refractivity (Wildman–Crippen MR) is 112 cm³/mol. The fourth-order valence-electron chi connectivity index (χ4n) is 2.48. The molecule has 1 N–H and O–H groups in total. The Kier molecular flexibility index (Phi) is 7.20. The van der Waals surface area contributed by atoms with Crippen LogP contribution in [0.3, 0.4) is 0 Å². The largest absolute Gasteiger partial charge is 0.379 e. The second-order valence-electron chi connectivity index (χ2n) is 6.26. The number of thiophene rings is 1. The van der Waals surface area contributed by atoms with E-state index in [1.807, 2.05) is 55.6 Å². The fraction of sp³-hybridized carbons (Fsp3) is 0.350. The van der Waals surface area contributed by atoms with Crippen LogP contribution in [0.5, 0.6) is 0 Å². The van der Waals surface area contributed by atoms with Crippen LogP contribution in [-0.4, -0.2) is 40.9 Å². The van der Waals surface area contributed by atoms with Crippen LogP contribution in [-0.2, 0) is 9.53 Å². The molecule has 2 aromatic heterocycles. The Morgan fingerprint density at radius 2 is 2.07 bits per heavy atom. The van der Waals surface area contributed by atoms with Crippen molar-refractivity contribution in [2.24, 2.45) is 0 Å². The predicted octanol–water partition coefficient (Wildman–Crippen LogP) is 4.38. The van der Waals surface area contributed by atoms with E-state index in [0.29, 0.717) is 24.7 Å². The lowest BCUT2D eigenvalue weighted by Crippen LogP contribution is -2.27. The molecule has 0 saturated carbocycles. The van der Waals surface area contributed by atoms with Crippen molar-refractivity contribution >= 4 is 39.9 Å². The van der Waals surface area contributed by atoms with E-state index in [4.69, 9.17) is 9.72 Å². The molecule has 0 atom stereocenters. The van der Waals surface area contributed by atoms with Gasteiger partial charge in [0.2, 0.25) is 5.91 Å². The number of aromatic nitrogens is 2. The molecule has 1 amide bonds. The zero-order valence-electron chi connectivity index (χ0n) is 15.5. The number of para-hydroxylation sites is 1. The molecule has 0 fully saturated rings. The van der Waals surface area contributed by atoms with Gasteiger partial charge >= 0.3 is 0 Å². The molecule has 0 aliphatic rings. The van der Waals surface area contributed by atoms with Crippen molar-refractivity contribution in [3.63, 3.8) is 0 Å². The highest BCUT2D eigenvalue weighted by Gasteiger charge is 2.12. The van der Waals surface area contributed by atoms with Crippen LogP contribution < -0.4 is 5.32 Å². The van der Waals surface area contributed by atoms with Crippen LogP contribution in [0, 0.1) is 0 Å². The van der Waals surface area contributed by atoms with Gasteiger partial charge in [-0.2, -0.15) is 0 Å². The lowest BCUT2D eigenvalue weighted by Gasteiger charge is -2.09. The summed E-state index contributed by atoms with van der Waals surface area (Å²) in [5.41, 5.74) is 0.893. The van der Waals surface area contributed by atoms with Crippen molar-refractivity contribution in [1.82, 2.24) is 15.3 Å². The third-order valence-corrected chi connectivity index (χ3v) is 5.60. The SMILES string of the molecule is CC(C)OCCCNC(=O)CSc1nc(-c2cccs2)nc2ccccc12. The van der Waals surface area contributed by atoms with E-state index in [0.717, 1.165) is 27.2 Å². The number of ether oxygens (including phenoxy) is 1. The summed E-state index contributed by atoms with van der Waals surface area (Å²) >= 11 is 3.06. The molecule has 1 aromatic carbocycles. The first-order valence-electron chi connectivity index (χ1n) is 8.95. The standard InChI is InChI=1S/C20H23N3O2S2/c1-14(2)25-11-6-10-21-18(24)13-27-20-15-7-3-4-8-16(15)22-19(23-20)17-9-5-12-26-17/h3-5,7-9,12,14H,6,10-11,13H2,1-2H3,(H,21,24). The topological polar surface area (TPSA) is 64.1 Å². The summed E-state index contributed by atoms with van der Waals surface area (Å²) in [4.78, 5) is 22.5. The van der Waals surface area contributed by atoms with Gasteiger partial charge in [-0.05, 0) is 37.8 Å². The monoisotopic (exact) mass is 401 g/mol. The maximum atomic E-state index is 12.1. The van der Waals surface area contributed by atoms with Gasteiger partial charge in [0.1, 0.15) is 5.03 Å². The highest BCUT2D eigenvalue weighted by atomic mass is 32.2. The Labute approximate surface area is 167 Å². The fourth-order valence-corrected chi connectivity index (χ4v) is 3.98. The first-order valence-corrected chi connectivity index (χ1v) is 10.8. The zero-order chi connectivity index (χ0) is 19.1. The molecule has 0 unspecified atom stereocenters. The zero-order valence-corrected chi connectivity index (χ0v) is 17.1. The minimum Gasteiger partial charge on any atom is -0.379 e. The highest BCUT2D eigenvalue weighted by Crippen LogP contribution is 2.29. The van der Waals surface area contributed by atoms with Crippen molar-refractivity contribution in [1.29, 1.82) is 0 Å². The summed E-state index contributed by atoms with van der Waals surface area (Å²) in [5.74, 6) is 1.04. The van der Waals surface area contributed by atoms with Crippen molar-refractivity contribution < 1.29 is 9.53 Å². The van der Waals surface area contributed by atoms with E-state index in [-0.39, 0.29) is 12.0 Å². The molecule has 0 aliphatic heterocycles. The van der Waals surface area contributed by atoms with Crippen molar-refractivity contribution in [2.75, 3.05) is 18.9 Å². The number of amides is 1. The minimum atomic E-state index is 0.00455. The molecule has 0 radical (unpaired) electrons. The Hall–Kier alpha value is -1.96. The number of hydrogen-bond acceptors (Lipinski definition) is 6. The molecule has 0 saturated heterocycles. The molecule has 5 nitrogen and oxygen atoms in total. The lowest BCUT2D eigenvalue weighted by molar-refractivity contribution is -0.118. The second-order valence-corrected chi connectivity index (χ2v) is 8.17. The molecule has 7 heteroatoms. The second kappa shape index (κ2) is 9.82. The Morgan fingerprint density at radius 1 is 1.22 bits per heavy atom. The average molecular weight is 402 g/mol. The van der Waals surface area contributed by atoms with Gasteiger partial charge in [0.15, 0.2) is 5.82 Å². The number of fused-ring (bicyclic) bond motifs is 1. The number of nitrogens with zero attached hydrogens (tertiary/aromatic N) is 2. The maximum Gasteiger partial charge on any atom is 0.230 e. The number of benzene rings is 1. The van der Waals surface area contributed by atoms with Gasteiger partial charge in [-0.25, -0.2) is 9.97 Å². The first kappa shape index (κ1) is 19.8. The summed E-state index contributed by atoms with van der Waals surface area (Å²) in [6, 6.07) is 11.9. The van der Waals surface area contributed by atoms with E-state index in [9.17, 15) is 4.79 Å². The smallest absolute Gasteiger partial charge is 0.230 e. The maximum absolute atomic E-state index is 12.1. The van der Waals surface area contributed by atoms with Crippen LogP contribution in [0.2, 0.25) is 0 Å². The summed E-state index contributed by atoms with van der Waals surface area (Å²) in [6.45, 7) is 5.29. The van der Waals surface area contributed by atoms with Gasteiger partial charge in [0.05, 0.1) is 22.3 Å². The van der Waals surface area contributed by atoms with Gasteiger partial charge in [-0.3, -0.25) is 4.79 Å². The summed E-state index contributed by atoms with van der Waals surface area (Å²) in [6.07, 6.45) is 1.04. The lowest BCUT2D eigenvalue weighted by atomic mass is 10.2. The normalized spacial score (nSPS) is 11.2. The van der Waals surface area contributed by atoms with Crippen LogP contribution >= 0.6 is 23.1 Å². The number of hydrogen-bond donors (Lipinski definition) is 1. The van der Waals surface area contributed by atoms with E-state index in [2.05, 4.69) is 10.3 Å². The molecule has 3 rings (SSSR count). The quantitative estimate of drug-likeness (QED) is 0.327. The summed E-state index contributed by atoms with van der Waals surface area (Å²) < 4.78 is 5.48. The van der Waals surface area contributed by atoms with Crippen molar-refractivity contribution in [2.45, 2.75) is 31.4 Å². The summed E-state index contributed by atoms with van der Waals surface area (Å²) in [5, 5.41) is 6.76. The Balaban J connectivity index is 1.63. The molecule has 0 spiro atoms. The number of carbonyl (C=O) groups is 1. The third kappa shape index (κ3) is 5.76. The van der Waals surface area contributed by atoms with Gasteiger partial charge in [-0.15, -0.1) is 11.3 Å². The van der Waals surface area contributed by atoms with E-state index >= 15 is 0 Å². The molecular formula is C20H23N3O2S2. The van der Waals surface area contributed by atoms with E-state index < -0.39 is 0 Å². The van der Waals surface area contributed by atoms with E-state index in [1.54, 1.807) is 11.3 Å². The number of rotatable bonds is 9. The molecule has 2 heterocycles. The Bertz CT molecular complexity index is 882. The van der Waals surface area contributed by atoms with E-state index in [1.165, 1.54) is 11.8 Å². The number of thioether (sulfide) groups is 1. The van der Waals surface area contributed by atoms with Crippen LogP contribution in [0.1, 0.15) is 20.3 Å². The molecule has 142 valence electrons. The number of nitrogens with one attached hydrogen (secondary N) is 1.